The minimum atomic E-state index is -0.986. The van der Waals surface area contributed by atoms with Crippen molar-refractivity contribution in [3.8, 4) is 0 Å². The maximum atomic E-state index is 11.6. The fourth-order valence-corrected chi connectivity index (χ4v) is 2.13. The van der Waals surface area contributed by atoms with Crippen LogP contribution in [0.3, 0.4) is 0 Å². The van der Waals surface area contributed by atoms with Crippen molar-refractivity contribution in [3.05, 3.63) is 0 Å². The highest BCUT2D eigenvalue weighted by atomic mass is 16.4. The molecular weight excluding hydrogens is 220 g/mol. The largest absolute Gasteiger partial charge is 0.480 e. The van der Waals surface area contributed by atoms with Gasteiger partial charge in [-0.05, 0) is 38.0 Å². The van der Waals surface area contributed by atoms with Crippen molar-refractivity contribution in [2.75, 3.05) is 0 Å². The van der Waals surface area contributed by atoms with E-state index in [4.69, 9.17) is 5.11 Å². The van der Waals surface area contributed by atoms with Crippen LogP contribution in [-0.4, -0.2) is 29.2 Å². The van der Waals surface area contributed by atoms with Gasteiger partial charge < -0.3 is 15.7 Å². The lowest BCUT2D eigenvalue weighted by atomic mass is 9.87. The lowest BCUT2D eigenvalue weighted by Crippen LogP contribution is -2.49. The van der Waals surface area contributed by atoms with Crippen LogP contribution in [-0.2, 0) is 4.79 Å². The van der Waals surface area contributed by atoms with Gasteiger partial charge in [0.1, 0.15) is 6.04 Å². The first-order valence-electron chi connectivity index (χ1n) is 6.32. The van der Waals surface area contributed by atoms with E-state index in [1.54, 1.807) is 6.92 Å². The molecule has 1 rings (SSSR count). The smallest absolute Gasteiger partial charge is 0.326 e. The van der Waals surface area contributed by atoms with Crippen LogP contribution in [0.15, 0.2) is 0 Å². The van der Waals surface area contributed by atoms with Gasteiger partial charge in [-0.1, -0.05) is 13.8 Å². The van der Waals surface area contributed by atoms with Crippen LogP contribution in [0.25, 0.3) is 0 Å². The predicted molar refractivity (Wildman–Crippen MR) is 64.8 cm³/mol. The van der Waals surface area contributed by atoms with Gasteiger partial charge in [-0.3, -0.25) is 0 Å². The summed E-state index contributed by atoms with van der Waals surface area (Å²) in [6.45, 7) is 3.95. The Hall–Kier alpha value is -1.26. The van der Waals surface area contributed by atoms with Gasteiger partial charge in [-0.25, -0.2) is 9.59 Å². The molecule has 1 aliphatic rings. The molecule has 0 radical (unpaired) electrons. The summed E-state index contributed by atoms with van der Waals surface area (Å²) in [5.41, 5.74) is 0. The molecule has 0 bridgehead atoms. The molecule has 17 heavy (non-hydrogen) atoms. The first kappa shape index (κ1) is 13.8. The fourth-order valence-electron chi connectivity index (χ4n) is 2.13. The summed E-state index contributed by atoms with van der Waals surface area (Å²) in [4.78, 5) is 22.3. The normalized spacial score (nSPS) is 26.0. The molecule has 1 aliphatic carbocycles. The Morgan fingerprint density at radius 3 is 2.35 bits per heavy atom. The maximum Gasteiger partial charge on any atom is 0.326 e. The molecule has 0 saturated heterocycles. The number of urea groups is 1. The van der Waals surface area contributed by atoms with E-state index in [-0.39, 0.29) is 12.1 Å². The molecule has 3 N–H and O–H groups in total. The zero-order chi connectivity index (χ0) is 12.8. The van der Waals surface area contributed by atoms with Crippen LogP contribution in [0, 0.1) is 5.92 Å². The third-order valence-electron chi connectivity index (χ3n) is 3.36. The van der Waals surface area contributed by atoms with Crippen molar-refractivity contribution >= 4 is 12.0 Å². The average Bonchev–Trinajstić information content (AvgIpc) is 2.28. The lowest BCUT2D eigenvalue weighted by molar-refractivity contribution is -0.139. The third-order valence-corrected chi connectivity index (χ3v) is 3.36. The topological polar surface area (TPSA) is 78.4 Å². The van der Waals surface area contributed by atoms with Crippen LogP contribution in [0.2, 0.25) is 0 Å². The Morgan fingerprint density at radius 2 is 1.88 bits per heavy atom. The van der Waals surface area contributed by atoms with Crippen molar-refractivity contribution < 1.29 is 14.7 Å². The monoisotopic (exact) mass is 242 g/mol. The van der Waals surface area contributed by atoms with E-state index in [1.165, 1.54) is 0 Å². The number of carbonyl (C=O) groups excluding carboxylic acids is 1. The van der Waals surface area contributed by atoms with E-state index in [0.717, 1.165) is 31.6 Å². The summed E-state index contributed by atoms with van der Waals surface area (Å²) in [6.07, 6.45) is 4.61. The average molecular weight is 242 g/mol. The molecule has 1 fully saturated rings. The number of carbonyl (C=O) groups is 2. The van der Waals surface area contributed by atoms with Gasteiger partial charge in [0.25, 0.3) is 0 Å². The van der Waals surface area contributed by atoms with Crippen molar-refractivity contribution in [3.63, 3.8) is 0 Å². The Morgan fingerprint density at radius 1 is 1.29 bits per heavy atom. The summed E-state index contributed by atoms with van der Waals surface area (Å²) in [5, 5.41) is 14.1. The van der Waals surface area contributed by atoms with Crippen molar-refractivity contribution in [1.29, 1.82) is 0 Å². The molecule has 5 nitrogen and oxygen atoms in total. The summed E-state index contributed by atoms with van der Waals surface area (Å²) < 4.78 is 0. The number of rotatable bonds is 4. The number of hydrogen-bond donors (Lipinski definition) is 3. The Labute approximate surface area is 102 Å². The molecule has 1 saturated carbocycles. The summed E-state index contributed by atoms with van der Waals surface area (Å²) in [6, 6.07) is -0.964. The highest BCUT2D eigenvalue weighted by molar-refractivity contribution is 5.82. The van der Waals surface area contributed by atoms with E-state index in [1.807, 2.05) is 0 Å². The van der Waals surface area contributed by atoms with Crippen molar-refractivity contribution in [2.24, 2.45) is 5.92 Å². The molecule has 1 atom stereocenters. The molecule has 98 valence electrons. The van der Waals surface area contributed by atoms with Crippen LogP contribution in [0.5, 0.6) is 0 Å². The van der Waals surface area contributed by atoms with Crippen molar-refractivity contribution in [2.45, 2.75) is 58.0 Å². The number of carboxylic acids is 1. The second kappa shape index (κ2) is 6.47. The summed E-state index contributed by atoms with van der Waals surface area (Å²) >= 11 is 0. The molecule has 0 aromatic carbocycles. The molecule has 1 unspecified atom stereocenters. The predicted octanol–water partition coefficient (Wildman–Crippen LogP) is 1.73. The lowest BCUT2D eigenvalue weighted by Gasteiger charge is -2.27. The van der Waals surface area contributed by atoms with Gasteiger partial charge >= 0.3 is 12.0 Å². The number of hydrogen-bond acceptors (Lipinski definition) is 2. The van der Waals surface area contributed by atoms with Crippen LogP contribution in [0.4, 0.5) is 4.79 Å². The number of carboxylic acid groups (broad SMARTS) is 1. The minimum Gasteiger partial charge on any atom is -0.480 e. The minimum absolute atomic E-state index is 0.192. The van der Waals surface area contributed by atoms with Gasteiger partial charge in [0.15, 0.2) is 0 Å². The SMILES string of the molecule is CCC(NC(=O)NC1CCC(C)CC1)C(=O)O. The highest BCUT2D eigenvalue weighted by Gasteiger charge is 2.22. The van der Waals surface area contributed by atoms with E-state index < -0.39 is 12.0 Å². The zero-order valence-corrected chi connectivity index (χ0v) is 10.5. The van der Waals surface area contributed by atoms with Crippen LogP contribution < -0.4 is 10.6 Å². The van der Waals surface area contributed by atoms with E-state index in [9.17, 15) is 9.59 Å². The standard InChI is InChI=1S/C12H22N2O3/c1-3-10(11(15)16)14-12(17)13-9-6-4-8(2)5-7-9/h8-10H,3-7H2,1-2H3,(H,15,16)(H2,13,14,17). The quantitative estimate of drug-likeness (QED) is 0.702. The highest BCUT2D eigenvalue weighted by Crippen LogP contribution is 2.23. The number of amides is 2. The van der Waals surface area contributed by atoms with Gasteiger partial charge in [0.2, 0.25) is 0 Å². The molecule has 2 amide bonds. The Bertz CT molecular complexity index is 273. The van der Waals surface area contributed by atoms with Crippen molar-refractivity contribution in [1.82, 2.24) is 10.6 Å². The van der Waals surface area contributed by atoms with Gasteiger partial charge in [0, 0.05) is 6.04 Å². The molecule has 0 spiro atoms. The zero-order valence-electron chi connectivity index (χ0n) is 10.5. The first-order chi connectivity index (χ1) is 8.02. The summed E-state index contributed by atoms with van der Waals surface area (Å²) in [5.74, 6) is -0.251. The van der Waals surface area contributed by atoms with Crippen LogP contribution >= 0.6 is 0 Å². The van der Waals surface area contributed by atoms with Gasteiger partial charge in [-0.2, -0.15) is 0 Å². The van der Waals surface area contributed by atoms with E-state index in [0.29, 0.717) is 6.42 Å². The first-order valence-corrected chi connectivity index (χ1v) is 6.32. The van der Waals surface area contributed by atoms with Crippen LogP contribution in [0.1, 0.15) is 46.0 Å². The molecule has 0 heterocycles. The second-order valence-electron chi connectivity index (χ2n) is 4.87. The maximum absolute atomic E-state index is 11.6. The molecule has 0 aromatic heterocycles. The second-order valence-corrected chi connectivity index (χ2v) is 4.87. The molecule has 5 heteroatoms. The van der Waals surface area contributed by atoms with Gasteiger partial charge in [-0.15, -0.1) is 0 Å². The summed E-state index contributed by atoms with van der Waals surface area (Å²) in [7, 11) is 0. The molecule has 0 aromatic rings. The fraction of sp³-hybridized carbons (Fsp3) is 0.833. The van der Waals surface area contributed by atoms with E-state index in [2.05, 4.69) is 17.6 Å². The van der Waals surface area contributed by atoms with E-state index >= 15 is 0 Å². The van der Waals surface area contributed by atoms with Gasteiger partial charge in [0.05, 0.1) is 0 Å². The Kier molecular flexibility index (Phi) is 5.25. The third kappa shape index (κ3) is 4.63. The molecule has 0 aliphatic heterocycles. The number of aliphatic carboxylic acids is 1. The Balaban J connectivity index is 2.31. The number of nitrogens with one attached hydrogen (secondary N) is 2. The molecular formula is C12H22N2O3.